The van der Waals surface area contributed by atoms with Crippen LogP contribution < -0.4 is 0 Å². The SMILES string of the molecule is Cc1c(F)c([N+](=O)[O-])c(C)c([N+](=O)[O-])c1F. The fraction of sp³-hybridized carbons (Fsp3) is 0.250. The lowest BCUT2D eigenvalue weighted by Gasteiger charge is -2.04. The predicted molar refractivity (Wildman–Crippen MR) is 49.1 cm³/mol. The highest BCUT2D eigenvalue weighted by Crippen LogP contribution is 2.35. The molecule has 0 saturated carbocycles. The molecule has 16 heavy (non-hydrogen) atoms. The van der Waals surface area contributed by atoms with Crippen molar-refractivity contribution in [1.29, 1.82) is 0 Å². The van der Waals surface area contributed by atoms with Crippen LogP contribution in [0.25, 0.3) is 0 Å². The first-order valence-electron chi connectivity index (χ1n) is 4.06. The second-order valence-corrected chi connectivity index (χ2v) is 3.09. The van der Waals surface area contributed by atoms with Crippen molar-refractivity contribution in [3.63, 3.8) is 0 Å². The summed E-state index contributed by atoms with van der Waals surface area (Å²) in [6.07, 6.45) is 0. The third kappa shape index (κ3) is 1.58. The van der Waals surface area contributed by atoms with Gasteiger partial charge in [0.15, 0.2) is 0 Å². The molecule has 0 bridgehead atoms. The summed E-state index contributed by atoms with van der Waals surface area (Å²) in [5.41, 5.74) is -3.49. The Balaban J connectivity index is 3.80. The maximum absolute atomic E-state index is 13.3. The average Bonchev–Trinajstić information content (AvgIpc) is 2.13. The molecule has 1 aromatic rings. The van der Waals surface area contributed by atoms with E-state index in [0.717, 1.165) is 13.8 Å². The van der Waals surface area contributed by atoms with E-state index < -0.39 is 44.0 Å². The highest BCUT2D eigenvalue weighted by atomic mass is 19.1. The standard InChI is InChI=1S/C8H6F2N2O4/c1-3-5(9)7(11(13)14)4(2)8(6(3)10)12(15)16/h1-2H3. The molecule has 0 aliphatic carbocycles. The van der Waals surface area contributed by atoms with Gasteiger partial charge in [-0.25, -0.2) is 0 Å². The van der Waals surface area contributed by atoms with Crippen LogP contribution in [0, 0.1) is 45.7 Å². The van der Waals surface area contributed by atoms with Gasteiger partial charge in [0.25, 0.3) is 0 Å². The van der Waals surface area contributed by atoms with Gasteiger partial charge in [-0.15, -0.1) is 0 Å². The zero-order chi connectivity index (χ0) is 12.6. The topological polar surface area (TPSA) is 86.3 Å². The van der Waals surface area contributed by atoms with Gasteiger partial charge in [-0.1, -0.05) is 0 Å². The smallest absolute Gasteiger partial charge is 0.258 e. The van der Waals surface area contributed by atoms with Crippen LogP contribution in [0.3, 0.4) is 0 Å². The Labute approximate surface area is 87.8 Å². The molecule has 0 aliphatic heterocycles. The normalized spacial score (nSPS) is 10.2. The minimum Gasteiger partial charge on any atom is -0.258 e. The molecule has 1 rings (SSSR count). The lowest BCUT2D eigenvalue weighted by Crippen LogP contribution is -2.06. The van der Waals surface area contributed by atoms with Crippen molar-refractivity contribution in [3.05, 3.63) is 43.0 Å². The number of benzene rings is 1. The maximum Gasteiger partial charge on any atom is 0.315 e. The van der Waals surface area contributed by atoms with Gasteiger partial charge in [0, 0.05) is 5.56 Å². The first kappa shape index (κ1) is 12.0. The molecule has 0 aromatic heterocycles. The highest BCUT2D eigenvalue weighted by molar-refractivity contribution is 5.57. The fourth-order valence-corrected chi connectivity index (χ4v) is 1.33. The van der Waals surface area contributed by atoms with E-state index in [9.17, 15) is 29.0 Å². The zero-order valence-corrected chi connectivity index (χ0v) is 8.28. The quantitative estimate of drug-likeness (QED) is 0.578. The van der Waals surface area contributed by atoms with E-state index in [4.69, 9.17) is 0 Å². The molecule has 0 atom stereocenters. The number of halogens is 2. The van der Waals surface area contributed by atoms with Gasteiger partial charge in [0.05, 0.1) is 9.85 Å². The van der Waals surface area contributed by atoms with Crippen LogP contribution in [0.15, 0.2) is 0 Å². The van der Waals surface area contributed by atoms with Gasteiger partial charge in [-0.05, 0) is 13.8 Å². The third-order valence-electron chi connectivity index (χ3n) is 2.15. The highest BCUT2D eigenvalue weighted by Gasteiger charge is 2.33. The van der Waals surface area contributed by atoms with Gasteiger partial charge in [-0.3, -0.25) is 20.2 Å². The van der Waals surface area contributed by atoms with Crippen LogP contribution in [-0.4, -0.2) is 9.85 Å². The summed E-state index contributed by atoms with van der Waals surface area (Å²) in [5.74, 6) is -2.77. The number of nitrogens with zero attached hydrogens (tertiary/aromatic N) is 2. The van der Waals surface area contributed by atoms with Crippen molar-refractivity contribution in [2.75, 3.05) is 0 Å². The Morgan fingerprint density at radius 1 is 0.875 bits per heavy atom. The summed E-state index contributed by atoms with van der Waals surface area (Å²) in [7, 11) is 0. The molecule has 8 heteroatoms. The average molecular weight is 232 g/mol. The number of nitro benzene ring substituents is 2. The molecule has 0 fully saturated rings. The van der Waals surface area contributed by atoms with Gasteiger partial charge in [0.2, 0.25) is 11.6 Å². The summed E-state index contributed by atoms with van der Waals surface area (Å²) in [6, 6.07) is 0. The third-order valence-corrected chi connectivity index (χ3v) is 2.15. The number of hydrogen-bond acceptors (Lipinski definition) is 4. The predicted octanol–water partition coefficient (Wildman–Crippen LogP) is 2.40. The lowest BCUT2D eigenvalue weighted by atomic mass is 10.1. The van der Waals surface area contributed by atoms with E-state index >= 15 is 0 Å². The minimum absolute atomic E-state index is 0.629. The van der Waals surface area contributed by atoms with Crippen LogP contribution in [0.5, 0.6) is 0 Å². The second-order valence-electron chi connectivity index (χ2n) is 3.09. The maximum atomic E-state index is 13.3. The van der Waals surface area contributed by atoms with Crippen molar-refractivity contribution in [3.8, 4) is 0 Å². The van der Waals surface area contributed by atoms with Crippen molar-refractivity contribution in [2.45, 2.75) is 13.8 Å². The van der Waals surface area contributed by atoms with Crippen LogP contribution in [0.4, 0.5) is 20.2 Å². The fourth-order valence-electron chi connectivity index (χ4n) is 1.33. The molecule has 0 radical (unpaired) electrons. The number of hydrogen-bond donors (Lipinski definition) is 0. The molecule has 0 spiro atoms. The van der Waals surface area contributed by atoms with Gasteiger partial charge in [-0.2, -0.15) is 8.78 Å². The van der Waals surface area contributed by atoms with E-state index in [1.54, 1.807) is 0 Å². The Morgan fingerprint density at radius 2 is 1.19 bits per heavy atom. The minimum atomic E-state index is -1.38. The van der Waals surface area contributed by atoms with Crippen molar-refractivity contribution in [2.24, 2.45) is 0 Å². The lowest BCUT2D eigenvalue weighted by molar-refractivity contribution is -0.398. The number of nitro groups is 2. The van der Waals surface area contributed by atoms with Crippen LogP contribution in [-0.2, 0) is 0 Å². The van der Waals surface area contributed by atoms with Crippen molar-refractivity contribution in [1.82, 2.24) is 0 Å². The van der Waals surface area contributed by atoms with Gasteiger partial charge in [0.1, 0.15) is 5.56 Å². The van der Waals surface area contributed by atoms with E-state index in [0.29, 0.717) is 0 Å². The summed E-state index contributed by atoms with van der Waals surface area (Å²) in [5, 5.41) is 21.0. The molecule has 6 nitrogen and oxygen atoms in total. The molecule has 1 aromatic carbocycles. The molecular formula is C8H6F2N2O4. The first-order chi connectivity index (χ1) is 7.29. The molecule has 0 amide bonds. The Morgan fingerprint density at radius 3 is 1.44 bits per heavy atom. The van der Waals surface area contributed by atoms with Crippen LogP contribution >= 0.6 is 0 Å². The van der Waals surface area contributed by atoms with Crippen molar-refractivity contribution < 1.29 is 18.6 Å². The molecular weight excluding hydrogens is 226 g/mol. The van der Waals surface area contributed by atoms with E-state index in [1.807, 2.05) is 0 Å². The van der Waals surface area contributed by atoms with Crippen LogP contribution in [0.1, 0.15) is 11.1 Å². The summed E-state index contributed by atoms with van der Waals surface area (Å²) in [4.78, 5) is 18.8. The molecule has 0 saturated heterocycles. The van der Waals surface area contributed by atoms with E-state index in [-0.39, 0.29) is 0 Å². The zero-order valence-electron chi connectivity index (χ0n) is 8.28. The molecule has 0 heterocycles. The van der Waals surface area contributed by atoms with Gasteiger partial charge >= 0.3 is 11.4 Å². The molecule has 0 unspecified atom stereocenters. The van der Waals surface area contributed by atoms with E-state index in [2.05, 4.69) is 0 Å². The molecule has 0 aliphatic rings. The monoisotopic (exact) mass is 232 g/mol. The largest absolute Gasteiger partial charge is 0.315 e. The Hall–Kier alpha value is -2.12. The Kier molecular flexibility index (Phi) is 2.84. The molecule has 0 N–H and O–H groups in total. The van der Waals surface area contributed by atoms with Crippen LogP contribution in [0.2, 0.25) is 0 Å². The van der Waals surface area contributed by atoms with E-state index in [1.165, 1.54) is 0 Å². The molecule has 86 valence electrons. The Bertz CT molecular complexity index is 460. The summed E-state index contributed by atoms with van der Waals surface area (Å²) >= 11 is 0. The summed E-state index contributed by atoms with van der Waals surface area (Å²) < 4.78 is 26.6. The van der Waals surface area contributed by atoms with Crippen molar-refractivity contribution >= 4 is 11.4 Å². The summed E-state index contributed by atoms with van der Waals surface area (Å²) in [6.45, 7) is 1.84. The van der Waals surface area contributed by atoms with Gasteiger partial charge < -0.3 is 0 Å². The second kappa shape index (κ2) is 3.80. The number of rotatable bonds is 2. The first-order valence-corrected chi connectivity index (χ1v) is 4.06.